The van der Waals surface area contributed by atoms with Gasteiger partial charge in [0.1, 0.15) is 17.9 Å². The van der Waals surface area contributed by atoms with Gasteiger partial charge in [0, 0.05) is 17.5 Å². The van der Waals surface area contributed by atoms with E-state index in [-0.39, 0.29) is 17.8 Å². The van der Waals surface area contributed by atoms with Crippen LogP contribution in [0, 0.1) is 29.5 Å². The number of aromatic nitrogens is 1. The van der Waals surface area contributed by atoms with E-state index >= 15 is 0 Å². The van der Waals surface area contributed by atoms with E-state index in [1.165, 1.54) is 12.1 Å². The molecule has 2 saturated carbocycles. The Morgan fingerprint density at radius 1 is 1.32 bits per heavy atom. The molecule has 1 heterocycles. The van der Waals surface area contributed by atoms with Gasteiger partial charge in [0.25, 0.3) is 0 Å². The maximum Gasteiger partial charge on any atom is 0.130 e. The van der Waals surface area contributed by atoms with Crippen molar-refractivity contribution in [2.75, 3.05) is 0 Å². The average Bonchev–Trinajstić information content (AvgIpc) is 3.03. The molecule has 0 spiro atoms. The Kier molecular flexibility index (Phi) is 3.13. The lowest BCUT2D eigenvalue weighted by Crippen LogP contribution is -2.18. The van der Waals surface area contributed by atoms with Crippen molar-refractivity contribution in [1.29, 1.82) is 0 Å². The van der Waals surface area contributed by atoms with Crippen molar-refractivity contribution in [3.63, 3.8) is 0 Å². The highest BCUT2D eigenvalue weighted by Crippen LogP contribution is 2.60. The van der Waals surface area contributed by atoms with Crippen molar-refractivity contribution in [2.45, 2.75) is 25.9 Å². The van der Waals surface area contributed by atoms with Gasteiger partial charge < -0.3 is 9.53 Å². The normalized spacial score (nSPS) is 30.8. The molecule has 2 fully saturated rings. The highest BCUT2D eigenvalue weighted by atomic mass is 19.1. The lowest BCUT2D eigenvalue weighted by Gasteiger charge is -2.18. The maximum absolute atomic E-state index is 13.5. The topological polar surface area (TPSA) is 39.2 Å². The number of hydrogen-bond donors (Lipinski definition) is 0. The van der Waals surface area contributed by atoms with Crippen LogP contribution in [0.15, 0.2) is 30.5 Å². The molecule has 0 bridgehead atoms. The van der Waals surface area contributed by atoms with E-state index in [0.717, 1.165) is 30.0 Å². The highest BCUT2D eigenvalue weighted by Gasteiger charge is 2.58. The van der Waals surface area contributed by atoms with Crippen molar-refractivity contribution in [1.82, 2.24) is 4.98 Å². The number of aldehydes is 1. The predicted octanol–water partition coefficient (Wildman–Crippen LogP) is 3.61. The molecule has 3 atom stereocenters. The summed E-state index contributed by atoms with van der Waals surface area (Å²) < 4.78 is 19.6. The van der Waals surface area contributed by atoms with E-state index in [9.17, 15) is 9.18 Å². The lowest BCUT2D eigenvalue weighted by molar-refractivity contribution is -0.111. The number of halogens is 1. The number of rotatable bonds is 4. The van der Waals surface area contributed by atoms with E-state index < -0.39 is 0 Å². The molecule has 0 N–H and O–H groups in total. The molecule has 4 rings (SSSR count). The Balaban J connectivity index is 1.50. The number of nitrogens with zero attached hydrogens (tertiary/aromatic N) is 1. The first-order valence-electron chi connectivity index (χ1n) is 7.83. The van der Waals surface area contributed by atoms with Gasteiger partial charge in [-0.25, -0.2) is 4.39 Å². The fourth-order valence-electron chi connectivity index (χ4n) is 4.18. The Labute approximate surface area is 128 Å². The fourth-order valence-corrected chi connectivity index (χ4v) is 4.18. The third-order valence-corrected chi connectivity index (χ3v) is 5.25. The third-order valence-electron chi connectivity index (χ3n) is 5.25. The summed E-state index contributed by atoms with van der Waals surface area (Å²) in [5.74, 6) is 2.37. The molecule has 0 radical (unpaired) electrons. The Hall–Kier alpha value is -1.97. The quantitative estimate of drug-likeness (QED) is 0.810. The highest BCUT2D eigenvalue weighted by molar-refractivity contribution is 5.84. The number of carbonyl (C=O) groups is 1. The summed E-state index contributed by atoms with van der Waals surface area (Å²) in [5.41, 5.74) is 0.745. The van der Waals surface area contributed by atoms with Gasteiger partial charge in [-0.2, -0.15) is 0 Å². The largest absolute Gasteiger partial charge is 0.490 e. The first-order chi connectivity index (χ1) is 10.7. The molecule has 2 aliphatic carbocycles. The molecule has 1 aromatic carbocycles. The van der Waals surface area contributed by atoms with E-state index in [4.69, 9.17) is 4.74 Å². The van der Waals surface area contributed by atoms with Gasteiger partial charge in [-0.1, -0.05) is 6.92 Å². The Morgan fingerprint density at radius 2 is 2.09 bits per heavy atom. The van der Waals surface area contributed by atoms with Crippen LogP contribution in [0.3, 0.4) is 0 Å². The van der Waals surface area contributed by atoms with Crippen LogP contribution < -0.4 is 4.74 Å². The van der Waals surface area contributed by atoms with Crippen LogP contribution in [0.1, 0.15) is 19.8 Å². The van der Waals surface area contributed by atoms with Crippen LogP contribution in [-0.2, 0) is 4.79 Å². The minimum absolute atomic E-state index is 0.159. The molecular formula is C18H18FNO2. The zero-order chi connectivity index (χ0) is 15.3. The zero-order valence-electron chi connectivity index (χ0n) is 12.4. The molecule has 0 saturated heterocycles. The molecule has 114 valence electrons. The minimum atomic E-state index is -0.278. The number of fused-ring (bicyclic) bond motifs is 2. The Morgan fingerprint density at radius 3 is 2.82 bits per heavy atom. The molecule has 22 heavy (non-hydrogen) atoms. The molecular weight excluding hydrogens is 281 g/mol. The van der Waals surface area contributed by atoms with Crippen molar-refractivity contribution in [2.24, 2.45) is 23.7 Å². The smallest absolute Gasteiger partial charge is 0.130 e. The van der Waals surface area contributed by atoms with Gasteiger partial charge in [0.2, 0.25) is 0 Å². The van der Waals surface area contributed by atoms with Gasteiger partial charge in [0.15, 0.2) is 0 Å². The number of hydrogen-bond acceptors (Lipinski definition) is 3. The first-order valence-corrected chi connectivity index (χ1v) is 7.83. The summed E-state index contributed by atoms with van der Waals surface area (Å²) in [6.45, 7) is 2.00. The molecule has 0 amide bonds. The second-order valence-electron chi connectivity index (χ2n) is 6.58. The van der Waals surface area contributed by atoms with E-state index in [1.54, 1.807) is 18.3 Å². The van der Waals surface area contributed by atoms with Crippen LogP contribution in [0.25, 0.3) is 10.9 Å². The van der Waals surface area contributed by atoms with Gasteiger partial charge in [0.05, 0.1) is 11.6 Å². The van der Waals surface area contributed by atoms with Crippen molar-refractivity contribution >= 4 is 17.2 Å². The van der Waals surface area contributed by atoms with Gasteiger partial charge in [-0.3, -0.25) is 4.98 Å². The maximum atomic E-state index is 13.5. The molecule has 2 aromatic rings. The molecule has 3 nitrogen and oxygen atoms in total. The average molecular weight is 299 g/mol. The number of pyridine rings is 1. The van der Waals surface area contributed by atoms with Crippen LogP contribution in [0.2, 0.25) is 0 Å². The Bertz CT molecular complexity index is 720. The summed E-state index contributed by atoms with van der Waals surface area (Å²) in [4.78, 5) is 15.1. The fraction of sp³-hybridized carbons (Fsp3) is 0.444. The standard InChI is InChI=1S/C18H18FNO2/c1-10(9-21)18-13-7-12(8-14(13)18)22-17-4-5-20-16-3-2-11(19)6-15(16)17/h2-6,9-10,12-14,18H,7-8H2,1H3. The van der Waals surface area contributed by atoms with Gasteiger partial charge in [-0.15, -0.1) is 0 Å². The second-order valence-corrected chi connectivity index (χ2v) is 6.58. The second kappa shape index (κ2) is 5.04. The molecule has 2 aliphatic rings. The summed E-state index contributed by atoms with van der Waals surface area (Å²) >= 11 is 0. The molecule has 1 aromatic heterocycles. The number of benzene rings is 1. The summed E-state index contributed by atoms with van der Waals surface area (Å²) in [7, 11) is 0. The summed E-state index contributed by atoms with van der Waals surface area (Å²) in [6, 6.07) is 6.36. The van der Waals surface area contributed by atoms with Crippen LogP contribution in [-0.4, -0.2) is 17.4 Å². The molecule has 0 aliphatic heterocycles. The number of ether oxygens (including phenoxy) is 1. The lowest BCUT2D eigenvalue weighted by atomic mass is 9.99. The zero-order valence-corrected chi connectivity index (χ0v) is 12.4. The van der Waals surface area contributed by atoms with Crippen molar-refractivity contribution in [3.8, 4) is 5.75 Å². The minimum Gasteiger partial charge on any atom is -0.490 e. The third kappa shape index (κ3) is 2.18. The predicted molar refractivity (Wildman–Crippen MR) is 81.0 cm³/mol. The van der Waals surface area contributed by atoms with Crippen molar-refractivity contribution < 1.29 is 13.9 Å². The molecule has 3 unspecified atom stereocenters. The van der Waals surface area contributed by atoms with E-state index in [1.807, 2.05) is 6.92 Å². The van der Waals surface area contributed by atoms with Crippen molar-refractivity contribution in [3.05, 3.63) is 36.3 Å². The SMILES string of the molecule is CC(C=O)C1C2CC(Oc3ccnc4ccc(F)cc34)CC21. The first kappa shape index (κ1) is 13.7. The monoisotopic (exact) mass is 299 g/mol. The van der Waals surface area contributed by atoms with E-state index in [2.05, 4.69) is 4.98 Å². The number of carbonyl (C=O) groups excluding carboxylic acids is 1. The van der Waals surface area contributed by atoms with Crippen LogP contribution in [0.4, 0.5) is 4.39 Å². The van der Waals surface area contributed by atoms with Gasteiger partial charge >= 0.3 is 0 Å². The van der Waals surface area contributed by atoms with Crippen LogP contribution in [0.5, 0.6) is 5.75 Å². The van der Waals surface area contributed by atoms with Gasteiger partial charge in [-0.05, 0) is 54.9 Å². The van der Waals surface area contributed by atoms with E-state index in [0.29, 0.717) is 23.5 Å². The molecule has 4 heteroatoms. The van der Waals surface area contributed by atoms with Crippen LogP contribution >= 0.6 is 0 Å². The summed E-state index contributed by atoms with van der Waals surface area (Å²) in [5, 5.41) is 0.723. The summed E-state index contributed by atoms with van der Waals surface area (Å²) in [6.07, 6.45) is 4.92.